The van der Waals surface area contributed by atoms with Crippen LogP contribution in [0.5, 0.6) is 0 Å². The van der Waals surface area contributed by atoms with E-state index in [0.717, 1.165) is 6.54 Å². The molecule has 0 aliphatic rings. The number of benzene rings is 1. The first-order valence-electron chi connectivity index (χ1n) is 4.95. The molecule has 0 bridgehead atoms. The van der Waals surface area contributed by atoms with Gasteiger partial charge >= 0.3 is 0 Å². The smallest absolute Gasteiger partial charge is 0.00488 e. The SMILES string of the molecule is CNCCCc1cc(C)ccc1C. The zero-order valence-corrected chi connectivity index (χ0v) is 8.85. The summed E-state index contributed by atoms with van der Waals surface area (Å²) in [5.74, 6) is 0. The van der Waals surface area contributed by atoms with Gasteiger partial charge in [0.15, 0.2) is 0 Å². The van der Waals surface area contributed by atoms with Crippen LogP contribution in [-0.4, -0.2) is 13.6 Å². The van der Waals surface area contributed by atoms with Gasteiger partial charge in [-0.1, -0.05) is 23.8 Å². The predicted octanol–water partition coefficient (Wildman–Crippen LogP) is 2.46. The Morgan fingerprint density at radius 1 is 1.23 bits per heavy atom. The average molecular weight is 177 g/mol. The second-order valence-corrected chi connectivity index (χ2v) is 3.64. The molecule has 0 aliphatic carbocycles. The van der Waals surface area contributed by atoms with Gasteiger partial charge in [-0.15, -0.1) is 0 Å². The van der Waals surface area contributed by atoms with Crippen LogP contribution < -0.4 is 5.32 Å². The fraction of sp³-hybridized carbons (Fsp3) is 0.500. The van der Waals surface area contributed by atoms with Gasteiger partial charge in [0.25, 0.3) is 0 Å². The van der Waals surface area contributed by atoms with Crippen LogP contribution in [-0.2, 0) is 6.42 Å². The van der Waals surface area contributed by atoms with Crippen molar-refractivity contribution < 1.29 is 0 Å². The standard InChI is InChI=1S/C12H19N/c1-10-6-7-11(2)12(9-10)5-4-8-13-3/h6-7,9,13H,4-5,8H2,1-3H3. The van der Waals surface area contributed by atoms with E-state index in [2.05, 4.69) is 37.4 Å². The van der Waals surface area contributed by atoms with Crippen molar-refractivity contribution in [1.29, 1.82) is 0 Å². The minimum atomic E-state index is 1.10. The summed E-state index contributed by atoms with van der Waals surface area (Å²) in [6.07, 6.45) is 2.41. The average Bonchev–Trinajstić information content (AvgIpc) is 2.11. The van der Waals surface area contributed by atoms with E-state index in [9.17, 15) is 0 Å². The fourth-order valence-corrected chi connectivity index (χ4v) is 1.53. The lowest BCUT2D eigenvalue weighted by Gasteiger charge is -2.06. The molecule has 0 aromatic heterocycles. The molecule has 0 saturated heterocycles. The summed E-state index contributed by atoms with van der Waals surface area (Å²) in [6.45, 7) is 5.45. The molecule has 1 aromatic carbocycles. The number of hydrogen-bond acceptors (Lipinski definition) is 1. The van der Waals surface area contributed by atoms with Gasteiger partial charge in [-0.3, -0.25) is 0 Å². The molecular weight excluding hydrogens is 158 g/mol. The summed E-state index contributed by atoms with van der Waals surface area (Å²) in [5, 5.41) is 3.17. The van der Waals surface area contributed by atoms with Crippen molar-refractivity contribution in [3.8, 4) is 0 Å². The van der Waals surface area contributed by atoms with Crippen LogP contribution in [0.2, 0.25) is 0 Å². The van der Waals surface area contributed by atoms with Crippen LogP contribution in [0.4, 0.5) is 0 Å². The van der Waals surface area contributed by atoms with Gasteiger partial charge in [-0.2, -0.15) is 0 Å². The van der Waals surface area contributed by atoms with E-state index in [1.54, 1.807) is 0 Å². The molecular formula is C12H19N. The Bertz CT molecular complexity index is 266. The summed E-state index contributed by atoms with van der Waals surface area (Å²) in [4.78, 5) is 0. The van der Waals surface area contributed by atoms with Crippen LogP contribution in [0.15, 0.2) is 18.2 Å². The van der Waals surface area contributed by atoms with Gasteiger partial charge in [0.05, 0.1) is 0 Å². The molecule has 1 nitrogen and oxygen atoms in total. The molecule has 0 fully saturated rings. The van der Waals surface area contributed by atoms with Gasteiger partial charge in [0, 0.05) is 0 Å². The van der Waals surface area contributed by atoms with Crippen LogP contribution in [0.3, 0.4) is 0 Å². The lowest BCUT2D eigenvalue weighted by Crippen LogP contribution is -2.08. The normalized spacial score (nSPS) is 10.4. The molecule has 0 atom stereocenters. The highest BCUT2D eigenvalue weighted by atomic mass is 14.8. The zero-order valence-electron chi connectivity index (χ0n) is 8.85. The van der Waals surface area contributed by atoms with E-state index in [0.29, 0.717) is 0 Å². The topological polar surface area (TPSA) is 12.0 Å². The monoisotopic (exact) mass is 177 g/mol. The summed E-state index contributed by atoms with van der Waals surface area (Å²) in [6, 6.07) is 6.69. The molecule has 0 heterocycles. The van der Waals surface area contributed by atoms with Crippen molar-refractivity contribution >= 4 is 0 Å². The second-order valence-electron chi connectivity index (χ2n) is 3.64. The Morgan fingerprint density at radius 3 is 2.69 bits per heavy atom. The van der Waals surface area contributed by atoms with Crippen molar-refractivity contribution in [3.63, 3.8) is 0 Å². The maximum absolute atomic E-state index is 3.17. The summed E-state index contributed by atoms with van der Waals surface area (Å²) in [5.41, 5.74) is 4.28. The van der Waals surface area contributed by atoms with Crippen molar-refractivity contribution in [1.82, 2.24) is 5.32 Å². The van der Waals surface area contributed by atoms with Crippen LogP contribution in [0, 0.1) is 13.8 Å². The highest BCUT2D eigenvalue weighted by Gasteiger charge is 1.97. The molecule has 1 aromatic rings. The third-order valence-electron chi connectivity index (χ3n) is 2.38. The summed E-state index contributed by atoms with van der Waals surface area (Å²) < 4.78 is 0. The zero-order chi connectivity index (χ0) is 9.68. The molecule has 13 heavy (non-hydrogen) atoms. The van der Waals surface area contributed by atoms with E-state index >= 15 is 0 Å². The van der Waals surface area contributed by atoms with E-state index in [4.69, 9.17) is 0 Å². The molecule has 0 unspecified atom stereocenters. The largest absolute Gasteiger partial charge is 0.320 e. The minimum absolute atomic E-state index is 1.10. The fourth-order valence-electron chi connectivity index (χ4n) is 1.53. The van der Waals surface area contributed by atoms with E-state index in [1.165, 1.54) is 29.5 Å². The molecule has 0 spiro atoms. The number of aryl methyl sites for hydroxylation is 3. The van der Waals surface area contributed by atoms with Gasteiger partial charge in [-0.05, 0) is 51.4 Å². The first-order valence-corrected chi connectivity index (χ1v) is 4.95. The molecule has 0 amide bonds. The van der Waals surface area contributed by atoms with Crippen molar-refractivity contribution in [2.75, 3.05) is 13.6 Å². The number of nitrogens with one attached hydrogen (secondary N) is 1. The third kappa shape index (κ3) is 3.19. The molecule has 0 radical (unpaired) electrons. The lowest BCUT2D eigenvalue weighted by atomic mass is 10.0. The Morgan fingerprint density at radius 2 is 2.00 bits per heavy atom. The van der Waals surface area contributed by atoms with Gasteiger partial charge in [0.1, 0.15) is 0 Å². The Labute approximate surface area is 81.2 Å². The molecule has 1 N–H and O–H groups in total. The quantitative estimate of drug-likeness (QED) is 0.697. The molecule has 0 aliphatic heterocycles. The molecule has 1 heteroatoms. The minimum Gasteiger partial charge on any atom is -0.320 e. The molecule has 0 saturated carbocycles. The predicted molar refractivity (Wildman–Crippen MR) is 58.2 cm³/mol. The Kier molecular flexibility index (Phi) is 3.97. The molecule has 72 valence electrons. The molecule has 1 rings (SSSR count). The maximum Gasteiger partial charge on any atom is -0.00488 e. The van der Waals surface area contributed by atoms with Crippen molar-refractivity contribution in [3.05, 3.63) is 34.9 Å². The van der Waals surface area contributed by atoms with Gasteiger partial charge in [-0.25, -0.2) is 0 Å². The van der Waals surface area contributed by atoms with E-state index in [1.807, 2.05) is 7.05 Å². The first-order chi connectivity index (χ1) is 6.24. The van der Waals surface area contributed by atoms with Crippen molar-refractivity contribution in [2.24, 2.45) is 0 Å². The third-order valence-corrected chi connectivity index (χ3v) is 2.38. The lowest BCUT2D eigenvalue weighted by molar-refractivity contribution is 0.722. The number of rotatable bonds is 4. The Balaban J connectivity index is 2.59. The van der Waals surface area contributed by atoms with Crippen LogP contribution in [0.25, 0.3) is 0 Å². The van der Waals surface area contributed by atoms with Gasteiger partial charge < -0.3 is 5.32 Å². The maximum atomic E-state index is 3.17. The van der Waals surface area contributed by atoms with Gasteiger partial charge in [0.2, 0.25) is 0 Å². The van der Waals surface area contributed by atoms with Crippen LogP contribution >= 0.6 is 0 Å². The van der Waals surface area contributed by atoms with Crippen LogP contribution in [0.1, 0.15) is 23.1 Å². The first kappa shape index (κ1) is 10.3. The second kappa shape index (κ2) is 5.03. The van der Waals surface area contributed by atoms with E-state index < -0.39 is 0 Å². The summed E-state index contributed by atoms with van der Waals surface area (Å²) >= 11 is 0. The van der Waals surface area contributed by atoms with E-state index in [-0.39, 0.29) is 0 Å². The summed E-state index contributed by atoms with van der Waals surface area (Å²) in [7, 11) is 2.00. The highest BCUT2D eigenvalue weighted by molar-refractivity contribution is 5.30. The highest BCUT2D eigenvalue weighted by Crippen LogP contribution is 2.12. The van der Waals surface area contributed by atoms with Crippen molar-refractivity contribution in [2.45, 2.75) is 26.7 Å². The number of hydrogen-bond donors (Lipinski definition) is 1. The Hall–Kier alpha value is -0.820.